The van der Waals surface area contributed by atoms with Gasteiger partial charge in [0.25, 0.3) is 5.91 Å². The predicted octanol–water partition coefficient (Wildman–Crippen LogP) is 7.50. The van der Waals surface area contributed by atoms with Crippen LogP contribution in [0, 0.1) is 0 Å². The van der Waals surface area contributed by atoms with E-state index in [9.17, 15) is 14.4 Å². The minimum Gasteiger partial charge on any atom is -0.481 e. The number of amides is 1. The summed E-state index contributed by atoms with van der Waals surface area (Å²) < 4.78 is 16.9. The van der Waals surface area contributed by atoms with Gasteiger partial charge in [0.1, 0.15) is 17.2 Å². The lowest BCUT2D eigenvalue weighted by Gasteiger charge is -2.13. The van der Waals surface area contributed by atoms with E-state index in [0.29, 0.717) is 21.4 Å². The molecule has 8 nitrogen and oxygen atoms in total. The maximum absolute atomic E-state index is 12.9. The van der Waals surface area contributed by atoms with Crippen LogP contribution >= 0.6 is 23.2 Å². The number of carbonyl (C=O) groups excluding carboxylic acids is 3. The van der Waals surface area contributed by atoms with Crippen LogP contribution < -0.4 is 19.6 Å². The van der Waals surface area contributed by atoms with Crippen molar-refractivity contribution in [2.24, 2.45) is 5.10 Å². The predicted molar refractivity (Wildman–Crippen MR) is 169 cm³/mol. The van der Waals surface area contributed by atoms with Gasteiger partial charge >= 0.3 is 11.9 Å². The van der Waals surface area contributed by atoms with Crippen LogP contribution in [0.25, 0.3) is 10.8 Å². The molecular weight excluding hydrogens is 603 g/mol. The lowest BCUT2D eigenvalue weighted by Crippen LogP contribution is -2.33. The molecule has 0 heterocycles. The molecule has 0 radical (unpaired) electrons. The van der Waals surface area contributed by atoms with Crippen molar-refractivity contribution in [3.8, 4) is 17.2 Å². The zero-order chi connectivity index (χ0) is 31.1. The highest BCUT2D eigenvalue weighted by Crippen LogP contribution is 2.26. The number of fused-ring (bicyclic) bond motifs is 1. The third kappa shape index (κ3) is 7.80. The van der Waals surface area contributed by atoms with E-state index >= 15 is 0 Å². The van der Waals surface area contributed by atoms with Crippen molar-refractivity contribution in [3.63, 3.8) is 0 Å². The molecule has 220 valence electrons. The lowest BCUT2D eigenvalue weighted by atomic mass is 10.1. The largest absolute Gasteiger partial charge is 0.481 e. The van der Waals surface area contributed by atoms with Crippen LogP contribution in [0.1, 0.15) is 33.2 Å². The number of nitrogens with one attached hydrogen (secondary N) is 1. The monoisotopic (exact) mass is 626 g/mol. The average Bonchev–Trinajstić information content (AvgIpc) is 3.02. The molecular formula is C34H24Cl2N2O6. The first-order valence-electron chi connectivity index (χ1n) is 13.3. The van der Waals surface area contributed by atoms with Crippen LogP contribution in [0.4, 0.5) is 0 Å². The Morgan fingerprint density at radius 1 is 0.705 bits per heavy atom. The van der Waals surface area contributed by atoms with E-state index in [2.05, 4.69) is 10.5 Å². The Kier molecular flexibility index (Phi) is 9.54. The van der Waals surface area contributed by atoms with Crippen LogP contribution in [0.2, 0.25) is 10.0 Å². The van der Waals surface area contributed by atoms with Gasteiger partial charge in [-0.15, -0.1) is 0 Å². The summed E-state index contributed by atoms with van der Waals surface area (Å²) in [6, 6.07) is 30.1. The Morgan fingerprint density at radius 3 is 1.95 bits per heavy atom. The second-order valence-electron chi connectivity index (χ2n) is 9.50. The van der Waals surface area contributed by atoms with Crippen LogP contribution in [0.3, 0.4) is 0 Å². The smallest absolute Gasteiger partial charge is 0.343 e. The highest BCUT2D eigenvalue weighted by Gasteiger charge is 2.17. The fraction of sp³-hybridized carbons (Fsp3) is 0.0588. The lowest BCUT2D eigenvalue weighted by molar-refractivity contribution is -0.127. The van der Waals surface area contributed by atoms with Crippen molar-refractivity contribution in [3.05, 3.63) is 136 Å². The molecule has 10 heteroatoms. The van der Waals surface area contributed by atoms with Crippen LogP contribution in [0.15, 0.2) is 114 Å². The Morgan fingerprint density at radius 2 is 1.30 bits per heavy atom. The number of rotatable bonds is 9. The van der Waals surface area contributed by atoms with Gasteiger partial charge in [-0.05, 0) is 90.5 Å². The van der Waals surface area contributed by atoms with Crippen molar-refractivity contribution in [1.82, 2.24) is 5.43 Å². The summed E-state index contributed by atoms with van der Waals surface area (Å²) in [6.07, 6.45) is 0.445. The number of hydrogen-bond acceptors (Lipinski definition) is 7. The Hall–Kier alpha value is -5.18. The van der Waals surface area contributed by atoms with E-state index in [1.54, 1.807) is 37.3 Å². The number of hydrazone groups is 1. The summed E-state index contributed by atoms with van der Waals surface area (Å²) in [6.45, 7) is 1.60. The molecule has 0 spiro atoms. The molecule has 0 aliphatic carbocycles. The second kappa shape index (κ2) is 13.9. The fourth-order valence-corrected chi connectivity index (χ4v) is 4.28. The van der Waals surface area contributed by atoms with E-state index in [1.807, 2.05) is 36.4 Å². The molecule has 1 N–H and O–H groups in total. The zero-order valence-electron chi connectivity index (χ0n) is 23.2. The topological polar surface area (TPSA) is 103 Å². The first kappa shape index (κ1) is 30.3. The molecule has 44 heavy (non-hydrogen) atoms. The Balaban J connectivity index is 1.30. The first-order valence-corrected chi connectivity index (χ1v) is 14.1. The number of halogens is 2. The van der Waals surface area contributed by atoms with E-state index in [-0.39, 0.29) is 22.6 Å². The van der Waals surface area contributed by atoms with Gasteiger partial charge < -0.3 is 14.2 Å². The molecule has 1 amide bonds. The van der Waals surface area contributed by atoms with Gasteiger partial charge in [-0.2, -0.15) is 5.10 Å². The maximum atomic E-state index is 12.9. The van der Waals surface area contributed by atoms with Crippen molar-refractivity contribution < 1.29 is 28.6 Å². The molecule has 5 rings (SSSR count). The normalized spacial score (nSPS) is 11.6. The SMILES string of the molecule is CC(Oc1ccc2ccccc2c1)C(=O)NN=Cc1ccc(OC(=O)c2ccc(Cl)cc2)cc1OC(=O)c1ccc(Cl)cc1. The summed E-state index contributed by atoms with van der Waals surface area (Å²) in [4.78, 5) is 38.2. The van der Waals surface area contributed by atoms with Crippen molar-refractivity contribution >= 4 is 58.0 Å². The second-order valence-corrected chi connectivity index (χ2v) is 10.4. The molecule has 0 aromatic heterocycles. The molecule has 0 saturated carbocycles. The van der Waals surface area contributed by atoms with Crippen molar-refractivity contribution in [2.45, 2.75) is 13.0 Å². The fourth-order valence-electron chi connectivity index (χ4n) is 4.02. The number of esters is 2. The summed E-state index contributed by atoms with van der Waals surface area (Å²) in [5.41, 5.74) is 3.28. The minimum atomic E-state index is -0.856. The number of carbonyl (C=O) groups is 3. The quantitative estimate of drug-likeness (QED) is 0.0786. The van der Waals surface area contributed by atoms with Crippen LogP contribution in [-0.4, -0.2) is 30.2 Å². The van der Waals surface area contributed by atoms with Gasteiger partial charge in [-0.1, -0.05) is 53.5 Å². The molecule has 0 bridgehead atoms. The van der Waals surface area contributed by atoms with Gasteiger partial charge in [0.05, 0.1) is 17.3 Å². The standard InChI is InChI=1S/C34H24Cl2N2O6/c1-21(42-29-16-10-22-4-2-3-5-25(22)18-29)32(39)38-37-20-26-11-17-30(43-33(40)23-6-12-27(35)13-7-23)19-31(26)44-34(41)24-8-14-28(36)15-9-24/h2-21H,1H3,(H,38,39). The highest BCUT2D eigenvalue weighted by molar-refractivity contribution is 6.31. The summed E-state index contributed by atoms with van der Waals surface area (Å²) in [7, 11) is 0. The first-order chi connectivity index (χ1) is 21.2. The van der Waals surface area contributed by atoms with E-state index in [1.165, 1.54) is 48.7 Å². The van der Waals surface area contributed by atoms with E-state index in [0.717, 1.165) is 10.8 Å². The number of nitrogens with zero attached hydrogens (tertiary/aromatic N) is 1. The molecule has 0 aliphatic rings. The van der Waals surface area contributed by atoms with Gasteiger partial charge in [-0.25, -0.2) is 15.0 Å². The van der Waals surface area contributed by atoms with Crippen LogP contribution in [-0.2, 0) is 4.79 Å². The van der Waals surface area contributed by atoms with Crippen molar-refractivity contribution in [2.75, 3.05) is 0 Å². The van der Waals surface area contributed by atoms with Gasteiger partial charge in [-0.3, -0.25) is 4.79 Å². The molecule has 0 aliphatic heterocycles. The van der Waals surface area contributed by atoms with Gasteiger partial charge in [0.2, 0.25) is 0 Å². The molecule has 5 aromatic carbocycles. The maximum Gasteiger partial charge on any atom is 0.343 e. The van der Waals surface area contributed by atoms with Crippen molar-refractivity contribution in [1.29, 1.82) is 0 Å². The molecule has 0 saturated heterocycles. The number of hydrogen-bond donors (Lipinski definition) is 1. The third-order valence-corrected chi connectivity index (χ3v) is 6.84. The molecule has 1 atom stereocenters. The zero-order valence-corrected chi connectivity index (χ0v) is 24.7. The van der Waals surface area contributed by atoms with E-state index < -0.39 is 23.9 Å². The molecule has 1 unspecified atom stereocenters. The third-order valence-electron chi connectivity index (χ3n) is 6.34. The Bertz CT molecular complexity index is 1860. The summed E-state index contributed by atoms with van der Waals surface area (Å²) in [5, 5.41) is 6.99. The highest BCUT2D eigenvalue weighted by atomic mass is 35.5. The summed E-state index contributed by atoms with van der Waals surface area (Å²) in [5.74, 6) is -1.13. The number of ether oxygens (including phenoxy) is 3. The van der Waals surface area contributed by atoms with Gasteiger partial charge in [0, 0.05) is 21.7 Å². The average molecular weight is 627 g/mol. The van der Waals surface area contributed by atoms with Crippen LogP contribution in [0.5, 0.6) is 17.2 Å². The Labute approximate surface area is 262 Å². The molecule has 5 aromatic rings. The number of benzene rings is 5. The minimum absolute atomic E-state index is 0.0322. The van der Waals surface area contributed by atoms with Gasteiger partial charge in [0.15, 0.2) is 6.10 Å². The summed E-state index contributed by atoms with van der Waals surface area (Å²) >= 11 is 11.8. The van der Waals surface area contributed by atoms with E-state index in [4.69, 9.17) is 37.4 Å². The molecule has 0 fully saturated rings.